The number of alkyl halides is 6. The fourth-order valence-corrected chi connectivity index (χ4v) is 19.2. The van der Waals surface area contributed by atoms with Crippen molar-refractivity contribution in [2.24, 2.45) is 0 Å². The zero-order valence-corrected chi connectivity index (χ0v) is 79.4. The number of carbonyl (C=O) groups excluding carboxylic acids is 5. The van der Waals surface area contributed by atoms with Crippen LogP contribution in [0.25, 0.3) is 83.8 Å². The molecule has 0 spiro atoms. The number of phenols is 1. The summed E-state index contributed by atoms with van der Waals surface area (Å²) in [4.78, 5) is 149. The Morgan fingerprint density at radius 2 is 0.664 bits per heavy atom. The van der Waals surface area contributed by atoms with E-state index in [0.717, 1.165) is 84.3 Å². The Morgan fingerprint density at radius 3 is 1.07 bits per heavy atom. The van der Waals surface area contributed by atoms with Crippen molar-refractivity contribution in [3.8, 4) is 11.5 Å². The molecule has 0 unspecified atom stereocenters. The lowest BCUT2D eigenvalue weighted by atomic mass is 9.79. The molecule has 0 aliphatic rings. The van der Waals surface area contributed by atoms with Crippen molar-refractivity contribution in [3.63, 3.8) is 0 Å². The number of amides is 5. The fraction of sp³-hybridized carbons (Fsp3) is 0.188. The topological polar surface area (TPSA) is 387 Å². The molecule has 0 aliphatic heterocycles. The van der Waals surface area contributed by atoms with Gasteiger partial charge < -0.3 is 76.3 Å². The number of aromatic nitrogens is 8. The van der Waals surface area contributed by atoms with Crippen LogP contribution < -0.4 is 58.5 Å². The van der Waals surface area contributed by atoms with Gasteiger partial charge >= 0.3 is 12.4 Å². The molecule has 702 valence electrons. The summed E-state index contributed by atoms with van der Waals surface area (Å²) in [5, 5.41) is 34.9. The van der Waals surface area contributed by atoms with Crippen LogP contribution in [-0.2, 0) is 40.6 Å². The van der Waals surface area contributed by atoms with Gasteiger partial charge in [0.15, 0.2) is 0 Å². The lowest BCUT2D eigenvalue weighted by molar-refractivity contribution is -0.137. The van der Waals surface area contributed by atoms with Crippen LogP contribution in [0.3, 0.4) is 0 Å². The maximum Gasteiger partial charge on any atom is 0.418 e. The highest BCUT2D eigenvalue weighted by molar-refractivity contribution is 7.18. The van der Waals surface area contributed by atoms with Crippen LogP contribution in [0.1, 0.15) is 174 Å². The number of nitrogens with one attached hydrogen (secondary N) is 13. The molecule has 25 nitrogen and oxygen atoms in total. The first-order valence-corrected chi connectivity index (χ1v) is 46.8. The number of hydrogen-bond donors (Lipinski definition) is 14. The Morgan fingerprint density at radius 1 is 0.321 bits per heavy atom. The number of carbonyl (C=O) groups is 5. The van der Waals surface area contributed by atoms with E-state index in [4.69, 9.17) is 4.74 Å². The van der Waals surface area contributed by atoms with Crippen molar-refractivity contribution in [1.29, 1.82) is 0 Å². The summed E-state index contributed by atoms with van der Waals surface area (Å²) in [6, 6.07) is 40.7. The molecule has 0 saturated heterocycles. The number of hydrogen-bond acceptors (Lipinski definition) is 17. The number of anilines is 5. The maximum atomic E-state index is 14.0. The van der Waals surface area contributed by atoms with Crippen molar-refractivity contribution in [2.45, 2.75) is 124 Å². The molecular weight excluding hydrogens is 1860 g/mol. The maximum absolute atomic E-state index is 14.0. The Bertz CT molecular complexity index is 8210. The van der Waals surface area contributed by atoms with Crippen LogP contribution in [0.2, 0.25) is 0 Å². The summed E-state index contributed by atoms with van der Waals surface area (Å²) >= 11 is 6.26. The quantitative estimate of drug-likeness (QED) is 0.0479. The minimum Gasteiger partial charge on any atom is -0.508 e. The zero-order valence-electron chi connectivity index (χ0n) is 75.3. The average molecular weight is 1950 g/mol. The minimum absolute atomic E-state index is 0.0342. The lowest BCUT2D eigenvalue weighted by Crippen LogP contribution is -2.24. The molecule has 6 aromatic carbocycles. The van der Waals surface area contributed by atoms with Gasteiger partial charge in [0.25, 0.3) is 29.5 Å². The van der Waals surface area contributed by atoms with Crippen LogP contribution in [0.4, 0.5) is 54.8 Å². The Labute approximate surface area is 794 Å². The molecule has 0 radical (unpaired) electrons. The molecule has 5 amide bonds. The van der Waals surface area contributed by atoms with E-state index < -0.39 is 80.7 Å². The van der Waals surface area contributed by atoms with Crippen molar-refractivity contribution in [3.05, 3.63) is 340 Å². The minimum atomic E-state index is -4.75. The number of aromatic hydroxyl groups is 1. The van der Waals surface area contributed by atoms with Gasteiger partial charge in [-0.25, -0.2) is 0 Å². The number of fused-ring (bicyclic) bond motifs is 8. The predicted molar refractivity (Wildman–Crippen MR) is 537 cm³/mol. The third kappa shape index (κ3) is 21.3. The van der Waals surface area contributed by atoms with Gasteiger partial charge in [-0.2, -0.15) is 26.3 Å². The summed E-state index contributed by atoms with van der Waals surface area (Å²) in [5.74, 6) is -2.83. The number of phenolic OH excluding ortho intramolecular Hbond substituents is 1. The number of rotatable bonds is 13. The highest BCUT2D eigenvalue weighted by Crippen LogP contribution is 2.45. The van der Waals surface area contributed by atoms with Crippen LogP contribution in [0.15, 0.2) is 246 Å². The first kappa shape index (κ1) is 96.6. The second kappa shape index (κ2) is 38.4. The fourth-order valence-electron chi connectivity index (χ4n) is 15.2. The van der Waals surface area contributed by atoms with E-state index in [2.05, 4.69) is 87.2 Å². The molecule has 13 aromatic heterocycles. The number of H-pyrrole nitrogens is 8. The smallest absolute Gasteiger partial charge is 0.418 e. The molecule has 36 heteroatoms. The molecule has 13 heterocycles. The van der Waals surface area contributed by atoms with E-state index in [9.17, 15) is 79.4 Å². The Hall–Kier alpha value is -15.0. The van der Waals surface area contributed by atoms with Gasteiger partial charge in [0.2, 0.25) is 27.1 Å². The summed E-state index contributed by atoms with van der Waals surface area (Å²) < 4.78 is 90.4. The van der Waals surface area contributed by atoms with Gasteiger partial charge in [0.05, 0.1) is 73.6 Å². The highest BCUT2D eigenvalue weighted by Gasteiger charge is 2.39. The van der Waals surface area contributed by atoms with E-state index in [-0.39, 0.29) is 78.5 Å². The second-order valence-electron chi connectivity index (χ2n) is 36.0. The number of halogens is 6. The van der Waals surface area contributed by atoms with Gasteiger partial charge in [-0.1, -0.05) is 126 Å². The van der Waals surface area contributed by atoms with Gasteiger partial charge in [-0.15, -0.1) is 56.7 Å². The second-order valence-corrected chi connectivity index (χ2v) is 40.6. The van der Waals surface area contributed by atoms with E-state index >= 15 is 0 Å². The van der Waals surface area contributed by atoms with Crippen LogP contribution in [-0.4, -0.2) is 74.5 Å². The number of benzene rings is 6. The average Bonchev–Trinajstić information content (AvgIpc) is 1.63. The molecule has 0 bridgehead atoms. The summed E-state index contributed by atoms with van der Waals surface area (Å²) in [5.41, 5.74) is 5.43. The number of aromatic amines is 8. The van der Waals surface area contributed by atoms with Crippen molar-refractivity contribution < 1.29 is 60.2 Å². The molecule has 19 aromatic rings. The SMILES string of the molecule is CC(C)(C)c1c[nH]c2cc(NC(=O)c3c[nH]c4ccsc4c3=O)ccc12.CC(C)(C)c1cc(C(C)(C)C)c(NC(=O)c2c[nH]c3ccsc3c2=O)cc1O.CC(C)(C)c1cc(C(F)(F)F)c(NC(=O)c2c[nH]c3ccsc3c2=O)cc1OCc1ccccc1.O=C(Nc1cc2[nH]ccc2cc1C(F)(F)F)c1c[nH]c2ccsc2c1=O.O=C(Nc1ccc2cc[nH]c2c1)c1c[nH]c2ccsc2c1=O. The Balaban J connectivity index is 0.000000131. The third-order valence-corrected chi connectivity index (χ3v) is 26.8. The molecule has 19 rings (SSSR count). The van der Waals surface area contributed by atoms with Crippen LogP contribution in [0.5, 0.6) is 11.5 Å². The van der Waals surface area contributed by atoms with Crippen LogP contribution in [0, 0.1) is 0 Å². The molecule has 0 fully saturated rings. The zero-order chi connectivity index (χ0) is 98.3. The molecule has 0 aliphatic carbocycles. The van der Waals surface area contributed by atoms with E-state index in [1.165, 1.54) is 95.0 Å². The molecule has 137 heavy (non-hydrogen) atoms. The number of pyridine rings is 5. The van der Waals surface area contributed by atoms with Crippen molar-refractivity contribution in [2.75, 3.05) is 26.6 Å². The van der Waals surface area contributed by atoms with Crippen LogP contribution >= 0.6 is 56.7 Å². The molecular formula is C101H89F6N13O12S5. The van der Waals surface area contributed by atoms with E-state index in [1.807, 2.05) is 167 Å². The largest absolute Gasteiger partial charge is 0.508 e. The third-order valence-electron chi connectivity index (χ3n) is 22.2. The predicted octanol–water partition coefficient (Wildman–Crippen LogP) is 24.2. The van der Waals surface area contributed by atoms with Gasteiger partial charge in [-0.3, -0.25) is 47.9 Å². The van der Waals surface area contributed by atoms with Gasteiger partial charge in [0.1, 0.15) is 45.9 Å². The van der Waals surface area contributed by atoms with Crippen molar-refractivity contribution >= 4 is 198 Å². The molecule has 0 saturated carbocycles. The monoisotopic (exact) mass is 1950 g/mol. The molecule has 14 N–H and O–H groups in total. The molecule has 0 atom stereocenters. The first-order chi connectivity index (χ1) is 64.7. The summed E-state index contributed by atoms with van der Waals surface area (Å²) in [6.07, 6.45) is 2.72. The summed E-state index contributed by atoms with van der Waals surface area (Å²) in [6.45, 7) is 24.2. The normalized spacial score (nSPS) is 11.9. The lowest BCUT2D eigenvalue weighted by Gasteiger charge is -2.28. The van der Waals surface area contributed by atoms with Gasteiger partial charge in [0, 0.05) is 112 Å². The standard InChI is InChI=1S/C26H23F3N2O3S.C22H26N2O3S.C20H19N3O2S.C17H10F3N3O2S.C16H11N3O2S/c1-25(2,3)18-11-17(26(27,28)29)20(12-21(18)34-14-15-7-5-4-6-8-15)31-24(33)16-13-30-19-9-10-35-23(19)22(16)32;1-21(2,3)13-9-14(22(4,5)6)17(25)10-16(13)24-20(27)12-11-23-15-7-8-28-19(15)18(12)26;1-20(2,3)14-10-22-16-8-11(4-5-12(14)16)23-19(25)13-9-21-15-6-7-26-18(15)17(13)24;18-17(19,20)10-5-8-1-3-21-12(8)6-13(10)23-16(25)9-7-22-11-2-4-26-15(11)14(9)24;20-14-11(8-18-12-4-6-22-15(12)14)16(21)19-10-2-1-9-3-5-17-13(9)7-10/h4-13H,14H2,1-3H3,(H,30,32)(H,31,33);7-11,25H,1-6H3,(H,23,26)(H,24,27);4-10,22H,1-3H3,(H,21,24)(H,23,25);1-7,21H,(H,22,24)(H,23,25);1-8,17H,(H,18,20)(H,19,21). The Kier molecular flexibility index (Phi) is 27.1. The number of thiophene rings is 5. The highest BCUT2D eigenvalue weighted by atomic mass is 32.1. The summed E-state index contributed by atoms with van der Waals surface area (Å²) in [7, 11) is 0. The first-order valence-electron chi connectivity index (χ1n) is 42.4. The van der Waals surface area contributed by atoms with E-state index in [0.29, 0.717) is 73.6 Å². The van der Waals surface area contributed by atoms with Crippen molar-refractivity contribution in [1.82, 2.24) is 39.9 Å². The number of ether oxygens (including phenoxy) is 1. The van der Waals surface area contributed by atoms with Gasteiger partial charge in [-0.05, 0) is 167 Å². The van der Waals surface area contributed by atoms with E-state index in [1.54, 1.807) is 49.7 Å².